The lowest BCUT2D eigenvalue weighted by Gasteiger charge is -2.19. The minimum atomic E-state index is -0.179. The largest absolute Gasteiger partial charge is 0.371 e. The Morgan fingerprint density at radius 1 is 1.09 bits per heavy atom. The topological polar surface area (TPSA) is 103 Å². The second-order valence-electron chi connectivity index (χ2n) is 8.05. The van der Waals surface area contributed by atoms with Crippen molar-refractivity contribution in [3.8, 4) is 0 Å². The maximum atomic E-state index is 12.0. The van der Waals surface area contributed by atoms with Gasteiger partial charge in [-0.1, -0.05) is 5.16 Å². The molecule has 2 atom stereocenters. The van der Waals surface area contributed by atoms with E-state index in [1.165, 1.54) is 47.1 Å². The van der Waals surface area contributed by atoms with Gasteiger partial charge >= 0.3 is 0 Å². The van der Waals surface area contributed by atoms with Crippen molar-refractivity contribution in [1.29, 1.82) is 0 Å². The Balaban J connectivity index is 0.000000123. The number of fused-ring (bicyclic) bond motifs is 3. The van der Waals surface area contributed by atoms with Crippen LogP contribution in [0.2, 0.25) is 0 Å². The quantitative estimate of drug-likeness (QED) is 0.418. The molecule has 5 aromatic rings. The predicted molar refractivity (Wildman–Crippen MR) is 121 cm³/mol. The third-order valence-electron chi connectivity index (χ3n) is 5.97. The van der Waals surface area contributed by atoms with Crippen molar-refractivity contribution in [2.24, 2.45) is 11.8 Å². The van der Waals surface area contributed by atoms with E-state index in [-0.39, 0.29) is 12.1 Å². The van der Waals surface area contributed by atoms with E-state index in [0.29, 0.717) is 16.9 Å². The number of anilines is 1. The van der Waals surface area contributed by atoms with E-state index in [4.69, 9.17) is 4.52 Å². The van der Waals surface area contributed by atoms with E-state index in [2.05, 4.69) is 48.2 Å². The lowest BCUT2D eigenvalue weighted by molar-refractivity contribution is 0.368. The lowest BCUT2D eigenvalue weighted by atomic mass is 10.2. The lowest BCUT2D eigenvalue weighted by Crippen LogP contribution is -2.21. The number of benzene rings is 1. The standard InChI is InChI=1S/C12H12N2S.C10H7N5O2/c1-2-11-12(15-7-13-11)4-10(1)14-5-8-3-9(8)6-14;16-10-7-2-1-3-11-9(7)13-6-15(10)4-8-12-5-14-17-8/h1-2,4,7-9H,3,5-6H2;1-3,5-6H,4H2/t8-,9+;. The number of pyridine rings is 1. The highest BCUT2D eigenvalue weighted by Crippen LogP contribution is 2.46. The molecule has 0 amide bonds. The first-order chi connectivity index (χ1) is 15.7. The molecule has 7 rings (SSSR count). The van der Waals surface area contributed by atoms with Gasteiger partial charge in [0.15, 0.2) is 12.0 Å². The Morgan fingerprint density at radius 2 is 2.00 bits per heavy atom. The summed E-state index contributed by atoms with van der Waals surface area (Å²) in [6.07, 6.45) is 5.77. The van der Waals surface area contributed by atoms with Crippen molar-refractivity contribution < 1.29 is 4.52 Å². The zero-order valence-corrected chi connectivity index (χ0v) is 17.9. The number of aromatic nitrogens is 6. The molecular weight excluding hydrogens is 426 g/mol. The first-order valence-corrected chi connectivity index (χ1v) is 11.3. The van der Waals surface area contributed by atoms with Crippen molar-refractivity contribution >= 4 is 38.3 Å². The van der Waals surface area contributed by atoms with Crippen LogP contribution in [0.3, 0.4) is 0 Å². The Kier molecular flexibility index (Phi) is 4.64. The van der Waals surface area contributed by atoms with E-state index < -0.39 is 0 Å². The molecule has 1 aromatic carbocycles. The highest BCUT2D eigenvalue weighted by Gasteiger charge is 2.45. The van der Waals surface area contributed by atoms with Crippen LogP contribution in [0.1, 0.15) is 12.3 Å². The maximum absolute atomic E-state index is 12.0. The summed E-state index contributed by atoms with van der Waals surface area (Å²) in [5, 5.41) is 3.94. The zero-order chi connectivity index (χ0) is 21.5. The van der Waals surface area contributed by atoms with Crippen molar-refractivity contribution in [2.75, 3.05) is 18.0 Å². The number of piperidine rings is 1. The second kappa shape index (κ2) is 7.79. The van der Waals surface area contributed by atoms with E-state index in [0.717, 1.165) is 17.4 Å². The van der Waals surface area contributed by atoms with Gasteiger partial charge in [-0.2, -0.15) is 4.98 Å². The van der Waals surface area contributed by atoms with E-state index in [9.17, 15) is 4.79 Å². The average Bonchev–Trinajstić information content (AvgIpc) is 3.27. The summed E-state index contributed by atoms with van der Waals surface area (Å²) in [7, 11) is 0. The first kappa shape index (κ1) is 19.1. The molecule has 1 aliphatic heterocycles. The highest BCUT2D eigenvalue weighted by atomic mass is 32.1. The molecule has 5 heterocycles. The minimum absolute atomic E-state index is 0.179. The van der Waals surface area contributed by atoms with Crippen LogP contribution in [0, 0.1) is 11.8 Å². The number of hydrogen-bond donors (Lipinski definition) is 0. The predicted octanol–water partition coefficient (Wildman–Crippen LogP) is 2.98. The zero-order valence-electron chi connectivity index (χ0n) is 17.0. The number of rotatable bonds is 3. The van der Waals surface area contributed by atoms with Gasteiger partial charge in [0.25, 0.3) is 5.56 Å². The summed E-state index contributed by atoms with van der Waals surface area (Å²) in [5.41, 5.74) is 4.70. The first-order valence-electron chi connectivity index (χ1n) is 10.4. The highest BCUT2D eigenvalue weighted by molar-refractivity contribution is 7.16. The molecule has 32 heavy (non-hydrogen) atoms. The fourth-order valence-electron chi connectivity index (χ4n) is 4.17. The summed E-state index contributed by atoms with van der Waals surface area (Å²) in [6, 6.07) is 10.0. The van der Waals surface area contributed by atoms with E-state index in [1.54, 1.807) is 29.7 Å². The average molecular weight is 446 g/mol. The van der Waals surface area contributed by atoms with Gasteiger partial charge in [-0.05, 0) is 48.6 Å². The molecule has 4 aromatic heterocycles. The minimum Gasteiger partial charge on any atom is -0.371 e. The van der Waals surface area contributed by atoms with Gasteiger partial charge < -0.3 is 9.42 Å². The molecule has 0 radical (unpaired) electrons. The van der Waals surface area contributed by atoms with Crippen LogP contribution in [0.25, 0.3) is 21.3 Å². The Morgan fingerprint density at radius 3 is 2.84 bits per heavy atom. The van der Waals surface area contributed by atoms with Crippen LogP contribution >= 0.6 is 11.3 Å². The molecular formula is C22H19N7O2S. The van der Waals surface area contributed by atoms with Crippen molar-refractivity contribution in [2.45, 2.75) is 13.0 Å². The van der Waals surface area contributed by atoms with Crippen molar-refractivity contribution in [1.82, 2.24) is 29.7 Å². The van der Waals surface area contributed by atoms with Gasteiger partial charge in [0.1, 0.15) is 12.9 Å². The number of hydrogen-bond acceptors (Lipinski definition) is 9. The Bertz CT molecular complexity index is 1440. The fraction of sp³-hybridized carbons (Fsp3) is 0.273. The SMILES string of the molecule is O=c1c2cccnc2ncn1Cc1ncno1.c1nc2ccc(N3C[C@H]4C[C@H]4C3)cc2s1. The molecule has 160 valence electrons. The normalized spacial score (nSPS) is 19.1. The summed E-state index contributed by atoms with van der Waals surface area (Å²) >= 11 is 1.73. The van der Waals surface area contributed by atoms with E-state index >= 15 is 0 Å². The van der Waals surface area contributed by atoms with Gasteiger partial charge in [0, 0.05) is 25.0 Å². The summed E-state index contributed by atoms with van der Waals surface area (Å²) in [5.74, 6) is 2.36. The Hall–Kier alpha value is -3.66. The third kappa shape index (κ3) is 3.62. The molecule has 0 N–H and O–H groups in total. The molecule has 2 aliphatic rings. The van der Waals surface area contributed by atoms with Gasteiger partial charge in [-0.25, -0.2) is 15.0 Å². The van der Waals surface area contributed by atoms with Crippen LogP contribution < -0.4 is 10.5 Å². The molecule has 1 aliphatic carbocycles. The summed E-state index contributed by atoms with van der Waals surface area (Å²) in [6.45, 7) is 2.75. The smallest absolute Gasteiger partial charge is 0.263 e. The van der Waals surface area contributed by atoms with Crippen LogP contribution in [0.5, 0.6) is 0 Å². The number of thiazole rings is 1. The molecule has 2 fully saturated rings. The molecule has 0 spiro atoms. The fourth-order valence-corrected chi connectivity index (χ4v) is 4.88. The van der Waals surface area contributed by atoms with Gasteiger partial charge in [0.2, 0.25) is 5.89 Å². The monoisotopic (exact) mass is 445 g/mol. The van der Waals surface area contributed by atoms with E-state index in [1.807, 2.05) is 5.51 Å². The van der Waals surface area contributed by atoms with Crippen LogP contribution in [-0.4, -0.2) is 42.7 Å². The Labute approximate surface area is 186 Å². The maximum Gasteiger partial charge on any atom is 0.263 e. The molecule has 0 unspecified atom stereocenters. The number of nitrogens with zero attached hydrogens (tertiary/aromatic N) is 7. The molecule has 1 saturated heterocycles. The molecule has 0 bridgehead atoms. The summed E-state index contributed by atoms with van der Waals surface area (Å²) in [4.78, 5) is 30.8. The third-order valence-corrected chi connectivity index (χ3v) is 6.76. The summed E-state index contributed by atoms with van der Waals surface area (Å²) < 4.78 is 7.55. The van der Waals surface area contributed by atoms with Crippen LogP contribution in [0.15, 0.2) is 64.0 Å². The second-order valence-corrected chi connectivity index (χ2v) is 8.94. The van der Waals surface area contributed by atoms with Crippen molar-refractivity contribution in [3.63, 3.8) is 0 Å². The van der Waals surface area contributed by atoms with Crippen LogP contribution in [-0.2, 0) is 6.54 Å². The molecule has 1 saturated carbocycles. The molecule has 10 heteroatoms. The van der Waals surface area contributed by atoms with Gasteiger partial charge in [-0.3, -0.25) is 9.36 Å². The van der Waals surface area contributed by atoms with Crippen LogP contribution in [0.4, 0.5) is 5.69 Å². The van der Waals surface area contributed by atoms with Gasteiger partial charge in [0.05, 0.1) is 21.1 Å². The van der Waals surface area contributed by atoms with Crippen molar-refractivity contribution in [3.05, 3.63) is 70.9 Å². The van der Waals surface area contributed by atoms with Gasteiger partial charge in [-0.15, -0.1) is 11.3 Å². The molecule has 9 nitrogen and oxygen atoms in total.